The highest BCUT2D eigenvalue weighted by atomic mass is 32.2. The number of carbonyl (C=O) groups excluding carboxylic acids is 2. The Bertz CT molecular complexity index is 1040. The van der Waals surface area contributed by atoms with Crippen LogP contribution in [-0.4, -0.2) is 67.2 Å². The molecular formula is C25H38N4O5S. The number of primary sulfonamides is 1. The minimum atomic E-state index is -3.49. The second-order valence-corrected chi connectivity index (χ2v) is 12.3. The third-order valence-electron chi connectivity index (χ3n) is 8.31. The van der Waals surface area contributed by atoms with Crippen LogP contribution in [0.1, 0.15) is 58.8 Å². The summed E-state index contributed by atoms with van der Waals surface area (Å²) in [6.07, 6.45) is 5.52. The third-order valence-corrected chi connectivity index (χ3v) is 9.71. The summed E-state index contributed by atoms with van der Waals surface area (Å²) in [6.45, 7) is 4.09. The van der Waals surface area contributed by atoms with Crippen molar-refractivity contribution in [2.75, 3.05) is 19.0 Å². The highest BCUT2D eigenvalue weighted by molar-refractivity contribution is 7.89. The normalized spacial score (nSPS) is 31.4. The molecule has 3 unspecified atom stereocenters. The molecule has 3 fully saturated rings. The molecule has 0 spiro atoms. The van der Waals surface area contributed by atoms with Gasteiger partial charge in [-0.3, -0.25) is 4.79 Å². The van der Waals surface area contributed by atoms with Gasteiger partial charge in [-0.2, -0.15) is 0 Å². The first-order chi connectivity index (χ1) is 16.6. The zero-order valence-electron chi connectivity index (χ0n) is 20.9. The van der Waals surface area contributed by atoms with Crippen LogP contribution in [-0.2, 0) is 14.8 Å². The molecule has 194 valence electrons. The predicted molar refractivity (Wildman–Crippen MR) is 134 cm³/mol. The maximum absolute atomic E-state index is 13.5. The molecule has 0 aromatic heterocycles. The van der Waals surface area contributed by atoms with Crippen molar-refractivity contribution in [1.29, 1.82) is 0 Å². The lowest BCUT2D eigenvalue weighted by Crippen LogP contribution is -2.67. The number of nitrogens with two attached hydrogens (primary N) is 1. The molecule has 3 aliphatic rings. The monoisotopic (exact) mass is 506 g/mol. The Morgan fingerprint density at radius 2 is 1.74 bits per heavy atom. The summed E-state index contributed by atoms with van der Waals surface area (Å²) in [7, 11) is -1.90. The van der Waals surface area contributed by atoms with E-state index in [1.807, 2.05) is 34.9 Å². The zero-order valence-corrected chi connectivity index (χ0v) is 21.7. The molecule has 3 amide bonds. The van der Waals surface area contributed by atoms with Gasteiger partial charge < -0.3 is 19.9 Å². The fourth-order valence-corrected chi connectivity index (χ4v) is 7.58. The number of nitrogens with zero attached hydrogens (tertiary/aromatic N) is 2. The molecule has 0 radical (unpaired) electrons. The van der Waals surface area contributed by atoms with Crippen LogP contribution in [0.5, 0.6) is 5.75 Å². The molecule has 3 N–H and O–H groups in total. The summed E-state index contributed by atoms with van der Waals surface area (Å²) >= 11 is 0. The van der Waals surface area contributed by atoms with Crippen molar-refractivity contribution in [2.45, 2.75) is 82.2 Å². The van der Waals surface area contributed by atoms with Gasteiger partial charge >= 0.3 is 6.03 Å². The van der Waals surface area contributed by atoms with E-state index in [1.165, 1.54) is 0 Å². The van der Waals surface area contributed by atoms with Crippen LogP contribution in [0.25, 0.3) is 0 Å². The van der Waals surface area contributed by atoms with E-state index in [0.29, 0.717) is 42.7 Å². The Morgan fingerprint density at radius 3 is 2.37 bits per heavy atom. The van der Waals surface area contributed by atoms with E-state index in [-0.39, 0.29) is 30.1 Å². The van der Waals surface area contributed by atoms with E-state index < -0.39 is 15.3 Å². The molecule has 35 heavy (non-hydrogen) atoms. The first-order valence-electron chi connectivity index (χ1n) is 12.6. The molecule has 2 aliphatic carbocycles. The Morgan fingerprint density at radius 1 is 1.06 bits per heavy atom. The van der Waals surface area contributed by atoms with Gasteiger partial charge in [-0.25, -0.2) is 18.4 Å². The van der Waals surface area contributed by atoms with E-state index in [4.69, 9.17) is 9.88 Å². The second kappa shape index (κ2) is 10.3. The van der Waals surface area contributed by atoms with Crippen molar-refractivity contribution in [2.24, 2.45) is 17.0 Å². The maximum Gasteiger partial charge on any atom is 0.322 e. The number of carbonyl (C=O) groups is 2. The van der Waals surface area contributed by atoms with Crippen LogP contribution >= 0.6 is 0 Å². The molecule has 1 aliphatic heterocycles. The van der Waals surface area contributed by atoms with Gasteiger partial charge in [0.05, 0.1) is 24.4 Å². The number of fused-ring (bicyclic) bond motifs is 1. The minimum absolute atomic E-state index is 0.00989. The Kier molecular flexibility index (Phi) is 7.61. The lowest BCUT2D eigenvalue weighted by Gasteiger charge is -2.54. The smallest absolute Gasteiger partial charge is 0.322 e. The van der Waals surface area contributed by atoms with Crippen LogP contribution in [0.15, 0.2) is 24.3 Å². The highest BCUT2D eigenvalue weighted by Crippen LogP contribution is 2.43. The Labute approximate surface area is 208 Å². The van der Waals surface area contributed by atoms with Gasteiger partial charge in [0.2, 0.25) is 15.9 Å². The molecule has 1 aromatic rings. The van der Waals surface area contributed by atoms with Crippen molar-refractivity contribution >= 4 is 27.6 Å². The average molecular weight is 507 g/mol. The number of ether oxygens (including phenoxy) is 1. The maximum atomic E-state index is 13.5. The molecule has 1 aromatic carbocycles. The van der Waals surface area contributed by atoms with E-state index in [2.05, 4.69) is 5.32 Å². The third kappa shape index (κ3) is 5.58. The lowest BCUT2D eigenvalue weighted by molar-refractivity contribution is -0.141. The largest absolute Gasteiger partial charge is 0.497 e. The number of benzene rings is 1. The number of sulfonamides is 1. The SMILES string of the molecule is COc1cccc(NC(=O)N2C[C@H](C)N(C(C)=O)C3CCC(C4CCC(S(N)(=O)=O)CC4)CC32)c1. The lowest BCUT2D eigenvalue weighted by atomic mass is 9.69. The van der Waals surface area contributed by atoms with E-state index in [1.54, 1.807) is 20.1 Å². The summed E-state index contributed by atoms with van der Waals surface area (Å²) in [6, 6.07) is 6.98. The van der Waals surface area contributed by atoms with Gasteiger partial charge in [0.15, 0.2) is 0 Å². The molecule has 1 heterocycles. The fourth-order valence-electron chi connectivity index (χ4n) is 6.65. The number of hydrogen-bond acceptors (Lipinski definition) is 5. The molecule has 0 bridgehead atoms. The summed E-state index contributed by atoms with van der Waals surface area (Å²) in [5.41, 5.74) is 0.668. The highest BCUT2D eigenvalue weighted by Gasteiger charge is 2.47. The van der Waals surface area contributed by atoms with E-state index in [9.17, 15) is 18.0 Å². The Balaban J connectivity index is 1.51. The molecule has 10 heteroatoms. The first-order valence-corrected chi connectivity index (χ1v) is 14.2. The van der Waals surface area contributed by atoms with Gasteiger partial charge in [0.1, 0.15) is 5.75 Å². The Hall–Kier alpha value is -2.33. The van der Waals surface area contributed by atoms with Crippen LogP contribution in [0.2, 0.25) is 0 Å². The number of nitrogens with one attached hydrogen (secondary N) is 1. The summed E-state index contributed by atoms with van der Waals surface area (Å²) in [5.74, 6) is 1.53. The van der Waals surface area contributed by atoms with Crippen molar-refractivity contribution in [3.05, 3.63) is 24.3 Å². The number of piperazine rings is 1. The molecule has 4 atom stereocenters. The van der Waals surface area contributed by atoms with Crippen LogP contribution in [0, 0.1) is 11.8 Å². The van der Waals surface area contributed by atoms with Gasteiger partial charge in [0.25, 0.3) is 0 Å². The number of anilines is 1. The predicted octanol–water partition coefficient (Wildman–Crippen LogP) is 3.16. The van der Waals surface area contributed by atoms with Crippen molar-refractivity contribution < 1.29 is 22.7 Å². The number of urea groups is 1. The number of hydrogen-bond donors (Lipinski definition) is 2. The second-order valence-electron chi connectivity index (χ2n) is 10.4. The molecule has 1 saturated heterocycles. The summed E-state index contributed by atoms with van der Waals surface area (Å²) in [4.78, 5) is 29.9. The van der Waals surface area contributed by atoms with E-state index >= 15 is 0 Å². The molecule has 4 rings (SSSR count). The minimum Gasteiger partial charge on any atom is -0.497 e. The van der Waals surface area contributed by atoms with Crippen molar-refractivity contribution in [3.8, 4) is 5.75 Å². The van der Waals surface area contributed by atoms with Gasteiger partial charge in [-0.05, 0) is 75.8 Å². The summed E-state index contributed by atoms with van der Waals surface area (Å²) < 4.78 is 28.8. The number of rotatable bonds is 4. The van der Waals surface area contributed by atoms with Gasteiger partial charge in [-0.15, -0.1) is 0 Å². The van der Waals surface area contributed by atoms with Crippen molar-refractivity contribution in [3.63, 3.8) is 0 Å². The number of methoxy groups -OCH3 is 1. The zero-order chi connectivity index (χ0) is 25.3. The van der Waals surface area contributed by atoms with Gasteiger partial charge in [0, 0.05) is 31.3 Å². The standard InChI is InChI=1S/C25H38N4O5S/c1-16-15-28(25(31)27-20-5-4-6-21(14-20)34-3)24-13-19(9-12-23(24)29(16)17(2)30)18-7-10-22(11-8-18)35(26,32)33/h4-6,14,16,18-19,22-24H,7-13,15H2,1-3H3,(H,27,31)(H2,26,32,33)/t16-,18?,19?,22?,23?,24?/m0/s1. The molecular weight excluding hydrogens is 468 g/mol. The topological polar surface area (TPSA) is 122 Å². The quantitative estimate of drug-likeness (QED) is 0.650. The van der Waals surface area contributed by atoms with Gasteiger partial charge in [-0.1, -0.05) is 6.07 Å². The first kappa shape index (κ1) is 25.8. The molecule has 9 nitrogen and oxygen atoms in total. The van der Waals surface area contributed by atoms with Crippen LogP contribution in [0.4, 0.5) is 10.5 Å². The average Bonchev–Trinajstić information content (AvgIpc) is 2.82. The number of amides is 3. The summed E-state index contributed by atoms with van der Waals surface area (Å²) in [5, 5.41) is 7.97. The van der Waals surface area contributed by atoms with Crippen LogP contribution in [0.3, 0.4) is 0 Å². The molecule has 2 saturated carbocycles. The fraction of sp³-hybridized carbons (Fsp3) is 0.680. The van der Waals surface area contributed by atoms with Crippen molar-refractivity contribution in [1.82, 2.24) is 9.80 Å². The van der Waals surface area contributed by atoms with E-state index in [0.717, 1.165) is 32.1 Å². The van der Waals surface area contributed by atoms with Crippen LogP contribution < -0.4 is 15.2 Å².